The molecule has 0 saturated carbocycles. The second-order valence-corrected chi connectivity index (χ2v) is 8.86. The van der Waals surface area contributed by atoms with Crippen LogP contribution < -0.4 is 10.3 Å². The monoisotopic (exact) mass is 428 g/mol. The summed E-state index contributed by atoms with van der Waals surface area (Å²) >= 11 is 0. The number of rotatable bonds is 7. The molecule has 0 bridgehead atoms. The highest BCUT2D eigenvalue weighted by Gasteiger charge is 2.31. The normalized spacial score (nSPS) is 13.3. The standard InChI is InChI=1S/C20H23F3N2O3S/c1-13(2)11-15-7-9-16(10-8-15)14(3)19(26)24-25-29(27,28)18-6-4-5-17(12-18)20(21,22)23/h4-10,12-14,25H,11H2,1-3H3,(H,24,26). The minimum absolute atomic E-state index is 0.492. The van der Waals surface area contributed by atoms with Crippen LogP contribution in [0.3, 0.4) is 0 Å². The number of hydrazine groups is 1. The minimum Gasteiger partial charge on any atom is -0.277 e. The molecule has 0 fully saturated rings. The Bertz CT molecular complexity index is 956. The van der Waals surface area contributed by atoms with E-state index in [0.717, 1.165) is 30.2 Å². The molecule has 2 rings (SSSR count). The zero-order chi connectivity index (χ0) is 21.8. The molecule has 0 heterocycles. The average Bonchev–Trinajstić information content (AvgIpc) is 2.65. The van der Waals surface area contributed by atoms with Gasteiger partial charge in [0.15, 0.2) is 0 Å². The Morgan fingerprint density at radius 3 is 2.21 bits per heavy atom. The fourth-order valence-corrected chi connectivity index (χ4v) is 3.58. The molecule has 0 aliphatic rings. The molecule has 1 atom stereocenters. The lowest BCUT2D eigenvalue weighted by Gasteiger charge is -2.15. The molecule has 0 spiro atoms. The minimum atomic E-state index is -4.68. The summed E-state index contributed by atoms with van der Waals surface area (Å²) in [7, 11) is -4.36. The topological polar surface area (TPSA) is 75.3 Å². The Morgan fingerprint density at radius 2 is 1.66 bits per heavy atom. The van der Waals surface area contributed by atoms with Crippen LogP contribution in [0, 0.1) is 5.92 Å². The predicted octanol–water partition coefficient (Wildman–Crippen LogP) is 4.02. The van der Waals surface area contributed by atoms with E-state index >= 15 is 0 Å². The van der Waals surface area contributed by atoms with Crippen LogP contribution in [0.15, 0.2) is 53.4 Å². The number of carbonyl (C=O) groups is 1. The van der Waals surface area contributed by atoms with Gasteiger partial charge >= 0.3 is 6.18 Å². The molecule has 1 amide bonds. The SMILES string of the molecule is CC(C)Cc1ccc(C(C)C(=O)NNS(=O)(=O)c2cccc(C(F)(F)F)c2)cc1. The molecule has 2 aromatic rings. The zero-order valence-corrected chi connectivity index (χ0v) is 17.1. The first-order valence-electron chi connectivity index (χ1n) is 8.98. The summed E-state index contributed by atoms with van der Waals surface area (Å²) in [6, 6.07) is 10.7. The number of amides is 1. The van der Waals surface area contributed by atoms with Gasteiger partial charge in [0.1, 0.15) is 0 Å². The predicted molar refractivity (Wildman–Crippen MR) is 103 cm³/mol. The maximum Gasteiger partial charge on any atom is 0.416 e. The summed E-state index contributed by atoms with van der Waals surface area (Å²) in [5.74, 6) is -0.795. The maximum atomic E-state index is 12.8. The number of carbonyl (C=O) groups excluding carboxylic acids is 1. The Morgan fingerprint density at radius 1 is 1.03 bits per heavy atom. The average molecular weight is 428 g/mol. The van der Waals surface area contributed by atoms with Crippen molar-refractivity contribution in [1.82, 2.24) is 10.3 Å². The largest absolute Gasteiger partial charge is 0.416 e. The smallest absolute Gasteiger partial charge is 0.277 e. The molecule has 2 aromatic carbocycles. The molecule has 0 saturated heterocycles. The van der Waals surface area contributed by atoms with Crippen molar-refractivity contribution in [3.8, 4) is 0 Å². The van der Waals surface area contributed by atoms with Gasteiger partial charge in [-0.1, -0.05) is 44.2 Å². The number of hydrogen-bond acceptors (Lipinski definition) is 3. The van der Waals surface area contributed by atoms with Crippen molar-refractivity contribution in [3.63, 3.8) is 0 Å². The second kappa shape index (κ2) is 8.96. The van der Waals surface area contributed by atoms with E-state index in [-0.39, 0.29) is 0 Å². The summed E-state index contributed by atoms with van der Waals surface area (Å²) in [5, 5.41) is 0. The first-order valence-corrected chi connectivity index (χ1v) is 10.5. The van der Waals surface area contributed by atoms with Crippen LogP contribution in [-0.2, 0) is 27.4 Å². The quantitative estimate of drug-likeness (QED) is 0.654. The highest BCUT2D eigenvalue weighted by molar-refractivity contribution is 7.89. The van der Waals surface area contributed by atoms with E-state index in [1.54, 1.807) is 19.1 Å². The van der Waals surface area contributed by atoms with E-state index in [1.165, 1.54) is 0 Å². The summed E-state index contributed by atoms with van der Waals surface area (Å²) in [5.41, 5.74) is 2.79. The van der Waals surface area contributed by atoms with Gasteiger partial charge in [0.05, 0.1) is 16.4 Å². The van der Waals surface area contributed by atoms with Gasteiger partial charge in [0.2, 0.25) is 5.91 Å². The summed E-state index contributed by atoms with van der Waals surface area (Å²) in [4.78, 5) is 13.5. The first kappa shape index (κ1) is 22.9. The van der Waals surface area contributed by atoms with Gasteiger partial charge in [-0.2, -0.15) is 13.2 Å². The van der Waals surface area contributed by atoms with Gasteiger partial charge < -0.3 is 0 Å². The van der Waals surface area contributed by atoms with Crippen LogP contribution in [-0.4, -0.2) is 14.3 Å². The third kappa shape index (κ3) is 6.30. The van der Waals surface area contributed by atoms with Crippen molar-refractivity contribution in [3.05, 3.63) is 65.2 Å². The summed E-state index contributed by atoms with van der Waals surface area (Å²) < 4.78 is 62.8. The van der Waals surface area contributed by atoms with Crippen LogP contribution in [0.1, 0.15) is 43.4 Å². The van der Waals surface area contributed by atoms with E-state index in [1.807, 2.05) is 17.0 Å². The first-order chi connectivity index (χ1) is 13.4. The number of nitrogens with one attached hydrogen (secondary N) is 2. The van der Waals surface area contributed by atoms with E-state index in [4.69, 9.17) is 0 Å². The zero-order valence-electron chi connectivity index (χ0n) is 16.2. The molecule has 0 radical (unpaired) electrons. The molecular weight excluding hydrogens is 405 g/mol. The maximum absolute atomic E-state index is 12.8. The van der Waals surface area contributed by atoms with Gasteiger partial charge in [-0.05, 0) is 48.6 Å². The van der Waals surface area contributed by atoms with Gasteiger partial charge in [-0.25, -0.2) is 8.42 Å². The summed E-state index contributed by atoms with van der Waals surface area (Å²) in [6.07, 6.45) is -3.78. The molecule has 2 N–H and O–H groups in total. The number of sulfonamides is 1. The highest BCUT2D eigenvalue weighted by Crippen LogP contribution is 2.30. The van der Waals surface area contributed by atoms with Gasteiger partial charge in [-0.3, -0.25) is 10.2 Å². The number of benzene rings is 2. The summed E-state index contributed by atoms with van der Waals surface area (Å²) in [6.45, 7) is 5.80. The number of alkyl halides is 3. The number of halogens is 3. The van der Waals surface area contributed by atoms with Gasteiger partial charge in [0, 0.05) is 0 Å². The molecule has 0 aromatic heterocycles. The Kier molecular flexibility index (Phi) is 7.07. The third-order valence-electron chi connectivity index (χ3n) is 4.30. The number of hydrogen-bond donors (Lipinski definition) is 2. The van der Waals surface area contributed by atoms with Crippen LogP contribution >= 0.6 is 0 Å². The van der Waals surface area contributed by atoms with Crippen LogP contribution in [0.25, 0.3) is 0 Å². The lowest BCUT2D eigenvalue weighted by Crippen LogP contribution is -2.43. The van der Waals surface area contributed by atoms with E-state index in [9.17, 15) is 26.4 Å². The van der Waals surface area contributed by atoms with Crippen molar-refractivity contribution in [1.29, 1.82) is 0 Å². The lowest BCUT2D eigenvalue weighted by atomic mass is 9.96. The Hall–Kier alpha value is -2.39. The van der Waals surface area contributed by atoms with Crippen molar-refractivity contribution < 1.29 is 26.4 Å². The van der Waals surface area contributed by atoms with Crippen molar-refractivity contribution in [2.24, 2.45) is 5.92 Å². The van der Waals surface area contributed by atoms with Crippen LogP contribution in [0.4, 0.5) is 13.2 Å². The highest BCUT2D eigenvalue weighted by atomic mass is 32.2. The third-order valence-corrected chi connectivity index (χ3v) is 5.54. The van der Waals surface area contributed by atoms with Gasteiger partial charge in [-0.15, -0.1) is 4.83 Å². The van der Waals surface area contributed by atoms with E-state index in [0.29, 0.717) is 17.5 Å². The van der Waals surface area contributed by atoms with E-state index < -0.39 is 38.5 Å². The lowest BCUT2D eigenvalue weighted by molar-refractivity contribution is -0.137. The molecule has 5 nitrogen and oxygen atoms in total. The Labute approximate surface area is 168 Å². The van der Waals surface area contributed by atoms with E-state index in [2.05, 4.69) is 19.3 Å². The van der Waals surface area contributed by atoms with Crippen molar-refractivity contribution in [2.75, 3.05) is 0 Å². The van der Waals surface area contributed by atoms with Crippen LogP contribution in [0.2, 0.25) is 0 Å². The molecule has 158 valence electrons. The van der Waals surface area contributed by atoms with Crippen molar-refractivity contribution in [2.45, 2.75) is 44.2 Å². The molecule has 9 heteroatoms. The van der Waals surface area contributed by atoms with Crippen molar-refractivity contribution >= 4 is 15.9 Å². The van der Waals surface area contributed by atoms with Crippen LogP contribution in [0.5, 0.6) is 0 Å². The fraction of sp³-hybridized carbons (Fsp3) is 0.350. The second-order valence-electron chi connectivity index (χ2n) is 7.18. The molecule has 0 aliphatic carbocycles. The molecule has 0 aliphatic heterocycles. The molecule has 1 unspecified atom stereocenters. The molecular formula is C20H23F3N2O3S. The van der Waals surface area contributed by atoms with Gasteiger partial charge in [0.25, 0.3) is 10.0 Å². The Balaban J connectivity index is 2.05. The molecule has 29 heavy (non-hydrogen) atoms. The fourth-order valence-electron chi connectivity index (χ4n) is 2.69.